The maximum atomic E-state index is 11.9. The van der Waals surface area contributed by atoms with Gasteiger partial charge in [-0.3, -0.25) is 5.04 Å². The third-order valence-electron chi connectivity index (χ3n) is 6.52. The van der Waals surface area contributed by atoms with E-state index in [1.165, 1.54) is 42.5 Å². The molecule has 0 saturated carbocycles. The summed E-state index contributed by atoms with van der Waals surface area (Å²) in [6.07, 6.45) is -0.436. The van der Waals surface area contributed by atoms with E-state index in [0.29, 0.717) is 18.1 Å². The smallest absolute Gasteiger partial charge is 0.744 e. The van der Waals surface area contributed by atoms with Crippen LogP contribution in [-0.2, 0) is 44.5 Å². The van der Waals surface area contributed by atoms with Gasteiger partial charge in [0.05, 0.1) is 26.7 Å². The average molecular weight is 881 g/mol. The van der Waals surface area contributed by atoms with Crippen LogP contribution in [0.4, 0.5) is 29.2 Å². The number of carbonyl (C=O) groups is 1. The first kappa shape index (κ1) is 55.2. The van der Waals surface area contributed by atoms with Crippen LogP contribution in [0.15, 0.2) is 80.2 Å². The van der Waals surface area contributed by atoms with Crippen LogP contribution in [0, 0.1) is 0 Å². The summed E-state index contributed by atoms with van der Waals surface area (Å²) in [5, 5.41) is 32.7. The van der Waals surface area contributed by atoms with Crippen molar-refractivity contribution in [2.75, 3.05) is 22.5 Å². The molecule has 1 aromatic heterocycles. The molecule has 5 aromatic rings. The number of carboxylic acids is 1. The number of benzene rings is 4. The summed E-state index contributed by atoms with van der Waals surface area (Å²) in [4.78, 5) is 21.0. The van der Waals surface area contributed by atoms with E-state index in [1.807, 2.05) is 0 Å². The molecule has 0 bridgehead atoms. The van der Waals surface area contributed by atoms with Crippen LogP contribution in [0.25, 0.3) is 21.5 Å². The van der Waals surface area contributed by atoms with Gasteiger partial charge < -0.3 is 44.8 Å². The van der Waals surface area contributed by atoms with Gasteiger partial charge in [-0.15, -0.1) is 0 Å². The van der Waals surface area contributed by atoms with Crippen molar-refractivity contribution in [3.05, 3.63) is 60.7 Å². The van der Waals surface area contributed by atoms with Crippen LogP contribution in [-0.4, -0.2) is 66.4 Å². The first-order valence-corrected chi connectivity index (χ1v) is 18.3. The summed E-state index contributed by atoms with van der Waals surface area (Å²) in [6.45, 7) is -0.182. The van der Waals surface area contributed by atoms with Crippen molar-refractivity contribution in [1.29, 1.82) is 0 Å². The number of anilines is 5. The Morgan fingerprint density at radius 2 is 1.13 bits per heavy atom. The van der Waals surface area contributed by atoms with Crippen LogP contribution in [0.1, 0.15) is 6.42 Å². The topological polar surface area (TPSA) is 328 Å². The second-order valence-corrected chi connectivity index (χ2v) is 14.8. The number of hydrogen-bond acceptors (Lipinski definition) is 21. The fourth-order valence-electron chi connectivity index (χ4n) is 4.53. The minimum absolute atomic E-state index is 0. The molecule has 0 aliphatic carbocycles. The molecule has 0 saturated heterocycles. The second kappa shape index (κ2) is 23.3. The summed E-state index contributed by atoms with van der Waals surface area (Å²) >= 11 is 0.349. The van der Waals surface area contributed by atoms with Gasteiger partial charge >= 0.3 is 148 Å². The van der Waals surface area contributed by atoms with Gasteiger partial charge in [-0.2, -0.15) is 19.3 Å². The number of aliphatic carboxylic acids is 1. The Labute approximate surface area is 427 Å². The molecule has 0 fully saturated rings. The molecule has 20 nitrogen and oxygen atoms in total. The molecule has 3 N–H and O–H groups in total. The van der Waals surface area contributed by atoms with Gasteiger partial charge in [-0.05, 0) is 70.1 Å². The molecular formula is C26H17N6Na5O14S4. The zero-order chi connectivity index (χ0) is 36.4. The number of hydrogen-bond donors (Lipinski definition) is 3. The predicted molar refractivity (Wildman–Crippen MR) is 164 cm³/mol. The Kier molecular flexibility index (Phi) is 23.4. The average Bonchev–Trinajstić information content (AvgIpc) is 3.01. The molecule has 0 aliphatic heterocycles. The van der Waals surface area contributed by atoms with Crippen molar-refractivity contribution in [3.8, 4) is 0 Å². The molecule has 0 aliphatic rings. The monoisotopic (exact) mass is 880 g/mol. The minimum atomic E-state index is -5.21. The fourth-order valence-corrected chi connectivity index (χ4v) is 7.12. The third-order valence-corrected chi connectivity index (χ3v) is 9.64. The first-order valence-electron chi connectivity index (χ1n) is 13.3. The Hall–Kier alpha value is 0.240. The summed E-state index contributed by atoms with van der Waals surface area (Å²) < 4.78 is 110. The number of carbonyl (C=O) groups excluding carboxylic acids is 1. The fraction of sp³-hybridized carbons (Fsp3) is 0.0769. The Morgan fingerprint density at radius 1 is 0.655 bits per heavy atom. The Balaban J connectivity index is 0.00000583. The molecular weight excluding hydrogens is 864 g/mol. The van der Waals surface area contributed by atoms with Gasteiger partial charge in [0, 0.05) is 35.2 Å². The SMILES string of the molecule is O=C([O-])CCNc1nc(Nc2ccc3c(S(=O)(=O)[O-])cc(SOO[O-])cc3c2)nc(Nc2ccc3c(S(=O)(=O)[O-])cc(S(=O)(=O)[O-])cc3c2)n1.[Na+].[Na+].[Na+].[Na+].[Na+]. The third kappa shape index (κ3) is 15.3. The molecule has 0 amide bonds. The number of carboxylic acid groups (broad SMARTS) is 1. The number of nitrogens with one attached hydrogen (secondary N) is 3. The van der Waals surface area contributed by atoms with Gasteiger partial charge in [0.2, 0.25) is 17.8 Å². The van der Waals surface area contributed by atoms with E-state index in [1.54, 1.807) is 0 Å². The van der Waals surface area contributed by atoms with E-state index < -0.39 is 57.4 Å². The molecule has 5 rings (SSSR count). The summed E-state index contributed by atoms with van der Waals surface area (Å²) in [6, 6.07) is 11.5. The van der Waals surface area contributed by atoms with Gasteiger partial charge in [-0.25, -0.2) is 25.3 Å². The predicted octanol–water partition coefficient (Wildman–Crippen LogP) is -14.8. The van der Waals surface area contributed by atoms with Crippen molar-refractivity contribution in [3.63, 3.8) is 0 Å². The van der Waals surface area contributed by atoms with Crippen LogP contribution in [0.3, 0.4) is 0 Å². The van der Waals surface area contributed by atoms with E-state index in [2.05, 4.69) is 40.3 Å². The second-order valence-electron chi connectivity index (χ2n) is 9.90. The number of fused-ring (bicyclic) bond motifs is 2. The van der Waals surface area contributed by atoms with Gasteiger partial charge in [0.25, 0.3) is 0 Å². The minimum Gasteiger partial charge on any atom is -0.744 e. The van der Waals surface area contributed by atoms with E-state index in [0.717, 1.165) is 12.1 Å². The van der Waals surface area contributed by atoms with Crippen LogP contribution in [0.2, 0.25) is 0 Å². The molecule has 1 heterocycles. The van der Waals surface area contributed by atoms with Crippen molar-refractivity contribution < 1.29 is 211 Å². The molecule has 0 atom stereocenters. The summed E-state index contributed by atoms with van der Waals surface area (Å²) in [5.74, 6) is -1.93. The maximum Gasteiger partial charge on any atom is 1.00 e. The quantitative estimate of drug-likeness (QED) is 0.0306. The number of nitrogens with zero attached hydrogens (tertiary/aromatic N) is 3. The zero-order valence-corrected chi connectivity index (χ0v) is 42.6. The molecule has 4 aromatic carbocycles. The number of rotatable bonds is 14. The van der Waals surface area contributed by atoms with Crippen LogP contribution >= 0.6 is 12.0 Å². The molecule has 55 heavy (non-hydrogen) atoms. The van der Waals surface area contributed by atoms with E-state index in [-0.39, 0.29) is 210 Å². The van der Waals surface area contributed by atoms with Gasteiger partial charge in [-0.1, -0.05) is 12.1 Å². The standard InChI is InChI=1S/C26H22N6O14S4.5Na/c33-23(34)5-6-27-24-30-25(28-15-1-3-19-13(7-15)9-17(47-46-45-35)11-21(19)49(39,40)41)32-26(31-24)29-16-2-4-20-14(8-16)10-18(48(36,37)38)12-22(20)50(42,43)44;;;;;/h1-4,7-12,35H,5-6H2,(H,33,34)(H,36,37,38)(H,39,40,41)(H,42,43,44)(H3,27,28,29,30,31,32);;;;;/q;5*+1/p-5. The van der Waals surface area contributed by atoms with Crippen molar-refractivity contribution in [2.24, 2.45) is 0 Å². The molecule has 264 valence electrons. The molecule has 0 radical (unpaired) electrons. The van der Waals surface area contributed by atoms with Crippen molar-refractivity contribution in [1.82, 2.24) is 15.0 Å². The number of aromatic nitrogens is 3. The van der Waals surface area contributed by atoms with E-state index in [9.17, 15) is 54.1 Å². The Morgan fingerprint density at radius 3 is 1.58 bits per heavy atom. The van der Waals surface area contributed by atoms with E-state index >= 15 is 0 Å². The van der Waals surface area contributed by atoms with Gasteiger partial charge in [0.15, 0.2) is 0 Å². The zero-order valence-electron chi connectivity index (χ0n) is 29.4. The van der Waals surface area contributed by atoms with Crippen molar-refractivity contribution >= 4 is 99.1 Å². The van der Waals surface area contributed by atoms with Crippen molar-refractivity contribution in [2.45, 2.75) is 26.0 Å². The normalized spacial score (nSPS) is 11.1. The Bertz CT molecular complexity index is 2510. The maximum absolute atomic E-state index is 11.9. The molecule has 0 unspecified atom stereocenters. The molecule has 0 spiro atoms. The molecule has 29 heteroatoms. The van der Waals surface area contributed by atoms with E-state index in [4.69, 9.17) is 0 Å². The largest absolute Gasteiger partial charge is 1.00 e. The first-order chi connectivity index (χ1) is 23.4. The summed E-state index contributed by atoms with van der Waals surface area (Å²) in [7, 11) is -15.4. The summed E-state index contributed by atoms with van der Waals surface area (Å²) in [5.41, 5.74) is 0.340. The van der Waals surface area contributed by atoms with Crippen LogP contribution < -0.4 is 174 Å². The van der Waals surface area contributed by atoms with Crippen LogP contribution in [0.5, 0.6) is 0 Å². The van der Waals surface area contributed by atoms with Gasteiger partial charge in [0.1, 0.15) is 30.4 Å².